The minimum absolute atomic E-state index is 0.359. The molecule has 3 rings (SSSR count). The van der Waals surface area contributed by atoms with E-state index in [9.17, 15) is 8.42 Å². The molecule has 1 aliphatic rings. The second-order valence-corrected chi connectivity index (χ2v) is 7.41. The Bertz CT molecular complexity index is 850. The lowest BCUT2D eigenvalue weighted by Gasteiger charge is -2.40. The molecular formula is C15H21N5O3S. The summed E-state index contributed by atoms with van der Waals surface area (Å²) in [7, 11) is -1.97. The first-order valence-electron chi connectivity index (χ1n) is 7.69. The molecule has 1 fully saturated rings. The number of hydrogen-bond acceptors (Lipinski definition) is 6. The molecule has 8 nitrogen and oxygen atoms in total. The fraction of sp³-hybridized carbons (Fsp3) is 0.467. The lowest BCUT2D eigenvalue weighted by molar-refractivity contribution is 0.382. The molecule has 0 radical (unpaired) electrons. The van der Waals surface area contributed by atoms with E-state index >= 15 is 0 Å². The van der Waals surface area contributed by atoms with Crippen molar-refractivity contribution in [3.8, 4) is 5.75 Å². The van der Waals surface area contributed by atoms with Gasteiger partial charge in [-0.05, 0) is 30.9 Å². The largest absolute Gasteiger partial charge is 0.497 e. The molecule has 0 unspecified atom stereocenters. The maximum absolute atomic E-state index is 10.9. The predicted molar refractivity (Wildman–Crippen MR) is 92.3 cm³/mol. The van der Waals surface area contributed by atoms with E-state index in [1.807, 2.05) is 19.1 Å². The maximum Gasteiger partial charge on any atom is 0.274 e. The van der Waals surface area contributed by atoms with Crippen molar-refractivity contribution >= 4 is 26.9 Å². The quantitative estimate of drug-likeness (QED) is 0.787. The first kappa shape index (κ1) is 16.9. The Hall–Kier alpha value is -1.97. The predicted octanol–water partition coefficient (Wildman–Crippen LogP) is 0.566. The fourth-order valence-electron chi connectivity index (χ4n) is 3.03. The third kappa shape index (κ3) is 3.58. The van der Waals surface area contributed by atoms with E-state index < -0.39 is 10.2 Å². The van der Waals surface area contributed by atoms with Crippen molar-refractivity contribution < 1.29 is 13.2 Å². The summed E-state index contributed by atoms with van der Waals surface area (Å²) in [6.07, 6.45) is 2.31. The zero-order valence-electron chi connectivity index (χ0n) is 13.7. The van der Waals surface area contributed by atoms with Gasteiger partial charge in [0.05, 0.1) is 12.6 Å². The number of benzene rings is 1. The number of aromatic nitrogens is 2. The van der Waals surface area contributed by atoms with Gasteiger partial charge < -0.3 is 9.64 Å². The number of fused-ring (bicyclic) bond motifs is 1. The van der Waals surface area contributed by atoms with Crippen LogP contribution in [0.5, 0.6) is 5.75 Å². The van der Waals surface area contributed by atoms with Gasteiger partial charge in [0, 0.05) is 31.1 Å². The number of hydrogen-bond donors (Lipinski definition) is 2. The van der Waals surface area contributed by atoms with Crippen LogP contribution in [0.15, 0.2) is 18.5 Å². The van der Waals surface area contributed by atoms with Crippen LogP contribution in [0.2, 0.25) is 0 Å². The molecule has 3 N–H and O–H groups in total. The Labute approximate surface area is 141 Å². The summed E-state index contributed by atoms with van der Waals surface area (Å²) < 4.78 is 29.4. The van der Waals surface area contributed by atoms with E-state index in [-0.39, 0.29) is 0 Å². The van der Waals surface area contributed by atoms with Crippen LogP contribution in [0.1, 0.15) is 12.0 Å². The van der Waals surface area contributed by atoms with Crippen molar-refractivity contribution in [2.75, 3.05) is 31.6 Å². The summed E-state index contributed by atoms with van der Waals surface area (Å²) in [5.41, 5.74) is 1.93. The van der Waals surface area contributed by atoms with E-state index in [0.29, 0.717) is 12.5 Å². The Kier molecular flexibility index (Phi) is 4.57. The van der Waals surface area contributed by atoms with Gasteiger partial charge in [0.2, 0.25) is 0 Å². The van der Waals surface area contributed by atoms with E-state index in [2.05, 4.69) is 19.6 Å². The average molecular weight is 351 g/mol. The smallest absolute Gasteiger partial charge is 0.274 e. The minimum Gasteiger partial charge on any atom is -0.497 e. The number of nitrogens with two attached hydrogens (primary N) is 1. The van der Waals surface area contributed by atoms with Gasteiger partial charge in [-0.1, -0.05) is 0 Å². The molecule has 1 aromatic carbocycles. The number of rotatable bonds is 6. The van der Waals surface area contributed by atoms with Crippen molar-refractivity contribution in [1.82, 2.24) is 14.7 Å². The average Bonchev–Trinajstić information content (AvgIpc) is 2.47. The van der Waals surface area contributed by atoms with Crippen LogP contribution in [0, 0.1) is 12.8 Å². The summed E-state index contributed by atoms with van der Waals surface area (Å²) in [6, 6.07) is 3.88. The van der Waals surface area contributed by atoms with Crippen LogP contribution < -0.4 is 19.5 Å². The SMILES string of the molecule is COc1cc(C)c2c(N3CC(CCNS(N)(=O)=O)C3)ncnc2c1. The molecule has 0 atom stereocenters. The molecule has 130 valence electrons. The lowest BCUT2D eigenvalue weighted by atomic mass is 9.95. The van der Waals surface area contributed by atoms with Crippen LogP contribution in [0.4, 0.5) is 5.82 Å². The Morgan fingerprint density at radius 3 is 2.79 bits per heavy atom. The van der Waals surface area contributed by atoms with Gasteiger partial charge in [-0.2, -0.15) is 8.42 Å². The second-order valence-electron chi connectivity index (χ2n) is 6.03. The molecule has 0 aliphatic carbocycles. The van der Waals surface area contributed by atoms with Gasteiger partial charge >= 0.3 is 0 Å². The second kappa shape index (κ2) is 6.50. The highest BCUT2D eigenvalue weighted by Crippen LogP contribution is 2.33. The van der Waals surface area contributed by atoms with Crippen LogP contribution >= 0.6 is 0 Å². The maximum atomic E-state index is 10.9. The molecule has 2 aromatic rings. The Balaban J connectivity index is 1.71. The summed E-state index contributed by atoms with van der Waals surface area (Å²) in [6.45, 7) is 4.05. The Morgan fingerprint density at radius 2 is 2.12 bits per heavy atom. The van der Waals surface area contributed by atoms with Gasteiger partial charge in [-0.15, -0.1) is 0 Å². The van der Waals surface area contributed by atoms with Gasteiger partial charge in [-0.3, -0.25) is 0 Å². The van der Waals surface area contributed by atoms with E-state index in [1.54, 1.807) is 13.4 Å². The third-order valence-electron chi connectivity index (χ3n) is 4.24. The zero-order valence-corrected chi connectivity index (χ0v) is 14.5. The number of methoxy groups -OCH3 is 1. The van der Waals surface area contributed by atoms with E-state index in [1.165, 1.54) is 0 Å². The van der Waals surface area contributed by atoms with E-state index in [0.717, 1.165) is 47.5 Å². The van der Waals surface area contributed by atoms with Crippen molar-refractivity contribution in [2.45, 2.75) is 13.3 Å². The van der Waals surface area contributed by atoms with Crippen molar-refractivity contribution in [3.05, 3.63) is 24.0 Å². The molecule has 2 heterocycles. The molecule has 0 bridgehead atoms. The standard InChI is InChI=1S/C15H21N5O3S/c1-10-5-12(23-2)6-13-14(10)15(18-9-17-13)20-7-11(8-20)3-4-19-24(16,21)22/h5-6,9,11,19H,3-4,7-8H2,1-2H3,(H2,16,21,22). The highest BCUT2D eigenvalue weighted by molar-refractivity contribution is 7.87. The lowest BCUT2D eigenvalue weighted by Crippen LogP contribution is -2.48. The summed E-state index contributed by atoms with van der Waals surface area (Å²) >= 11 is 0. The summed E-state index contributed by atoms with van der Waals surface area (Å²) in [4.78, 5) is 11.0. The van der Waals surface area contributed by atoms with Crippen LogP contribution in [0.3, 0.4) is 0 Å². The zero-order chi connectivity index (χ0) is 17.3. The number of aryl methyl sites for hydroxylation is 1. The monoisotopic (exact) mass is 351 g/mol. The van der Waals surface area contributed by atoms with Gasteiger partial charge in [-0.25, -0.2) is 19.8 Å². The topological polar surface area (TPSA) is 110 Å². The molecule has 0 saturated carbocycles. The molecule has 1 aliphatic heterocycles. The van der Waals surface area contributed by atoms with Gasteiger partial charge in [0.25, 0.3) is 10.2 Å². The number of nitrogens with zero attached hydrogens (tertiary/aromatic N) is 3. The van der Waals surface area contributed by atoms with Crippen LogP contribution in [-0.2, 0) is 10.2 Å². The molecule has 9 heteroatoms. The first-order valence-corrected chi connectivity index (χ1v) is 9.23. The molecule has 0 amide bonds. The third-order valence-corrected chi connectivity index (χ3v) is 4.84. The summed E-state index contributed by atoms with van der Waals surface area (Å²) in [5.74, 6) is 2.11. The van der Waals surface area contributed by atoms with Crippen molar-refractivity contribution in [2.24, 2.45) is 11.1 Å². The van der Waals surface area contributed by atoms with E-state index in [4.69, 9.17) is 9.88 Å². The minimum atomic E-state index is -3.61. The summed E-state index contributed by atoms with van der Waals surface area (Å²) in [5, 5.41) is 5.95. The molecule has 1 saturated heterocycles. The molecular weight excluding hydrogens is 330 g/mol. The van der Waals surface area contributed by atoms with Crippen LogP contribution in [-0.4, -0.2) is 45.1 Å². The molecule has 0 spiro atoms. The number of anilines is 1. The fourth-order valence-corrected chi connectivity index (χ4v) is 3.43. The van der Waals surface area contributed by atoms with Gasteiger partial charge in [0.1, 0.15) is 17.9 Å². The number of nitrogens with one attached hydrogen (secondary N) is 1. The highest BCUT2D eigenvalue weighted by atomic mass is 32.2. The molecule has 24 heavy (non-hydrogen) atoms. The van der Waals surface area contributed by atoms with Crippen molar-refractivity contribution in [1.29, 1.82) is 0 Å². The number of ether oxygens (including phenoxy) is 1. The van der Waals surface area contributed by atoms with Crippen LogP contribution in [0.25, 0.3) is 10.9 Å². The Morgan fingerprint density at radius 1 is 1.38 bits per heavy atom. The van der Waals surface area contributed by atoms with Gasteiger partial charge in [0.15, 0.2) is 0 Å². The molecule has 1 aromatic heterocycles. The van der Waals surface area contributed by atoms with Crippen molar-refractivity contribution in [3.63, 3.8) is 0 Å². The normalized spacial score (nSPS) is 15.5. The first-order chi connectivity index (χ1) is 11.4. The highest BCUT2D eigenvalue weighted by Gasteiger charge is 2.29.